The Morgan fingerprint density at radius 1 is 1.58 bits per heavy atom. The molecule has 1 rings (SSSR count). The highest BCUT2D eigenvalue weighted by atomic mass is 79.9. The second-order valence-electron chi connectivity index (χ2n) is 2.00. The summed E-state index contributed by atoms with van der Waals surface area (Å²) in [6, 6.07) is 4.24. The van der Waals surface area contributed by atoms with Crippen molar-refractivity contribution in [1.82, 2.24) is 0 Å². The van der Waals surface area contributed by atoms with Gasteiger partial charge in [0.1, 0.15) is 0 Å². The van der Waals surface area contributed by atoms with Crippen molar-refractivity contribution in [2.24, 2.45) is 0 Å². The van der Waals surface area contributed by atoms with Gasteiger partial charge < -0.3 is 0 Å². The van der Waals surface area contributed by atoms with Gasteiger partial charge in [-0.25, -0.2) is 4.85 Å². The third kappa shape index (κ3) is 1.60. The number of rotatable bonds is 1. The summed E-state index contributed by atoms with van der Waals surface area (Å²) in [6.45, 7) is 6.64. The molecule has 0 N–H and O–H groups in total. The van der Waals surface area contributed by atoms with Crippen molar-refractivity contribution in [2.45, 2.75) is 0 Å². The van der Waals surface area contributed by atoms with Crippen LogP contribution in [0, 0.1) is 16.7 Å². The normalized spacial score (nSPS) is 9.00. The van der Waals surface area contributed by atoms with E-state index in [9.17, 15) is 10.1 Å². The lowest BCUT2D eigenvalue weighted by molar-refractivity contribution is -0.385. The number of benzene rings is 1. The van der Waals surface area contributed by atoms with E-state index < -0.39 is 4.92 Å². The highest BCUT2D eigenvalue weighted by molar-refractivity contribution is 9.10. The van der Waals surface area contributed by atoms with Gasteiger partial charge >= 0.3 is 0 Å². The number of hydrogen-bond donors (Lipinski definition) is 0. The van der Waals surface area contributed by atoms with Crippen LogP contribution in [0.15, 0.2) is 22.7 Å². The molecule has 0 bridgehead atoms. The predicted molar refractivity (Wildman–Crippen MR) is 47.1 cm³/mol. The minimum atomic E-state index is -0.529. The van der Waals surface area contributed by atoms with Gasteiger partial charge in [0.15, 0.2) is 5.69 Å². The molecule has 12 heavy (non-hydrogen) atoms. The van der Waals surface area contributed by atoms with E-state index in [2.05, 4.69) is 20.8 Å². The van der Waals surface area contributed by atoms with Crippen LogP contribution in [0.25, 0.3) is 4.85 Å². The molecule has 0 saturated carbocycles. The Bertz CT molecular complexity index is 370. The number of nitrogens with zero attached hydrogens (tertiary/aromatic N) is 2. The summed E-state index contributed by atoms with van der Waals surface area (Å²) in [5.74, 6) is 0. The number of halogens is 1. The molecule has 4 nitrogen and oxygen atoms in total. The average Bonchev–Trinajstić information content (AvgIpc) is 2.05. The van der Waals surface area contributed by atoms with Crippen LogP contribution in [0.4, 0.5) is 11.4 Å². The second-order valence-corrected chi connectivity index (χ2v) is 2.86. The van der Waals surface area contributed by atoms with Gasteiger partial charge in [-0.2, -0.15) is 0 Å². The fraction of sp³-hybridized carbons (Fsp3) is 0. The van der Waals surface area contributed by atoms with Crippen LogP contribution in [0.5, 0.6) is 0 Å². The Balaban J connectivity index is 3.28. The molecule has 0 aromatic heterocycles. The van der Waals surface area contributed by atoms with Crippen molar-refractivity contribution >= 4 is 27.3 Å². The molecule has 0 fully saturated rings. The van der Waals surface area contributed by atoms with Crippen LogP contribution in [-0.4, -0.2) is 4.92 Å². The Labute approximate surface area is 76.9 Å². The van der Waals surface area contributed by atoms with E-state index in [1.807, 2.05) is 0 Å². The SMILES string of the molecule is [C-]#[N+]c1ccc(Br)c([N+](=O)[O-])c1. The Hall–Kier alpha value is -1.41. The lowest BCUT2D eigenvalue weighted by atomic mass is 10.3. The maximum absolute atomic E-state index is 10.4. The highest BCUT2D eigenvalue weighted by Crippen LogP contribution is 2.28. The molecule has 60 valence electrons. The van der Waals surface area contributed by atoms with E-state index in [1.165, 1.54) is 18.2 Å². The van der Waals surface area contributed by atoms with Crippen molar-refractivity contribution in [3.63, 3.8) is 0 Å². The molecule has 0 aliphatic carbocycles. The molecule has 0 heterocycles. The molecule has 0 aliphatic heterocycles. The molecule has 1 aromatic carbocycles. The largest absolute Gasteiger partial charge is 0.273 e. The lowest BCUT2D eigenvalue weighted by Gasteiger charge is -1.94. The second kappa shape index (κ2) is 3.32. The molecular weight excluding hydrogens is 224 g/mol. The molecule has 0 atom stereocenters. The molecule has 5 heteroatoms. The van der Waals surface area contributed by atoms with E-state index in [0.29, 0.717) is 4.47 Å². The number of hydrogen-bond acceptors (Lipinski definition) is 2. The number of nitro groups is 1. The standard InChI is InChI=1S/C7H3BrN2O2/c1-9-5-2-3-6(8)7(4-5)10(11)12/h2-4H. The Morgan fingerprint density at radius 2 is 2.25 bits per heavy atom. The zero-order valence-electron chi connectivity index (χ0n) is 5.82. The fourth-order valence-electron chi connectivity index (χ4n) is 0.711. The summed E-state index contributed by atoms with van der Waals surface area (Å²) in [7, 11) is 0. The summed E-state index contributed by atoms with van der Waals surface area (Å²) in [5, 5.41) is 10.4. The molecule has 1 aromatic rings. The average molecular weight is 227 g/mol. The minimum Gasteiger partial charge on any atom is -0.258 e. The minimum absolute atomic E-state index is 0.0801. The van der Waals surface area contributed by atoms with Gasteiger partial charge in [0.25, 0.3) is 5.69 Å². The first kappa shape index (κ1) is 8.68. The van der Waals surface area contributed by atoms with E-state index in [-0.39, 0.29) is 11.4 Å². The topological polar surface area (TPSA) is 47.5 Å². The third-order valence-corrected chi connectivity index (χ3v) is 1.93. The van der Waals surface area contributed by atoms with Crippen molar-refractivity contribution in [3.8, 4) is 0 Å². The maximum atomic E-state index is 10.4. The van der Waals surface area contributed by atoms with Crippen molar-refractivity contribution < 1.29 is 4.92 Å². The van der Waals surface area contributed by atoms with Crippen molar-refractivity contribution in [1.29, 1.82) is 0 Å². The van der Waals surface area contributed by atoms with Crippen molar-refractivity contribution in [3.05, 3.63) is 44.2 Å². The summed E-state index contributed by atoms with van der Waals surface area (Å²) in [6.07, 6.45) is 0. The van der Waals surface area contributed by atoms with Crippen LogP contribution in [0.1, 0.15) is 0 Å². The van der Waals surface area contributed by atoms with Gasteiger partial charge in [0.05, 0.1) is 16.0 Å². The molecule has 0 spiro atoms. The highest BCUT2D eigenvalue weighted by Gasteiger charge is 2.11. The van der Waals surface area contributed by atoms with E-state index in [1.54, 1.807) is 0 Å². The summed E-state index contributed by atoms with van der Waals surface area (Å²) < 4.78 is 0.389. The molecule has 0 saturated heterocycles. The summed E-state index contributed by atoms with van der Waals surface area (Å²) in [4.78, 5) is 12.9. The van der Waals surface area contributed by atoms with Crippen LogP contribution < -0.4 is 0 Å². The Kier molecular flexibility index (Phi) is 2.41. The molecule has 0 amide bonds. The van der Waals surface area contributed by atoms with Crippen LogP contribution >= 0.6 is 15.9 Å². The van der Waals surface area contributed by atoms with Crippen LogP contribution in [0.3, 0.4) is 0 Å². The van der Waals surface area contributed by atoms with Gasteiger partial charge in [-0.15, -0.1) is 0 Å². The van der Waals surface area contributed by atoms with Gasteiger partial charge in [-0.05, 0) is 15.9 Å². The van der Waals surface area contributed by atoms with Gasteiger partial charge in [-0.3, -0.25) is 10.1 Å². The first-order chi connectivity index (χ1) is 5.65. The van der Waals surface area contributed by atoms with Crippen LogP contribution in [-0.2, 0) is 0 Å². The maximum Gasteiger partial charge on any atom is 0.273 e. The van der Waals surface area contributed by atoms with Gasteiger partial charge in [0, 0.05) is 6.07 Å². The molecule has 0 aliphatic rings. The zero-order valence-corrected chi connectivity index (χ0v) is 7.41. The fourth-order valence-corrected chi connectivity index (χ4v) is 1.10. The summed E-state index contributed by atoms with van der Waals surface area (Å²) in [5.41, 5.74) is 0.188. The molecule has 0 unspecified atom stereocenters. The number of nitro benzene ring substituents is 1. The van der Waals surface area contributed by atoms with E-state index >= 15 is 0 Å². The quantitative estimate of drug-likeness (QED) is 0.420. The monoisotopic (exact) mass is 226 g/mol. The zero-order chi connectivity index (χ0) is 9.14. The van der Waals surface area contributed by atoms with Crippen molar-refractivity contribution in [2.75, 3.05) is 0 Å². The molecule has 0 radical (unpaired) electrons. The Morgan fingerprint density at radius 3 is 2.75 bits per heavy atom. The smallest absolute Gasteiger partial charge is 0.258 e. The molecular formula is C7H3BrN2O2. The third-order valence-electron chi connectivity index (χ3n) is 1.26. The van der Waals surface area contributed by atoms with E-state index in [0.717, 1.165) is 0 Å². The van der Waals surface area contributed by atoms with Gasteiger partial charge in [-0.1, -0.05) is 12.1 Å². The van der Waals surface area contributed by atoms with Crippen LogP contribution in [0.2, 0.25) is 0 Å². The first-order valence-electron chi connectivity index (χ1n) is 2.96. The lowest BCUT2D eigenvalue weighted by Crippen LogP contribution is -1.87. The predicted octanol–water partition coefficient (Wildman–Crippen LogP) is 2.91. The first-order valence-corrected chi connectivity index (χ1v) is 3.76. The van der Waals surface area contributed by atoms with E-state index in [4.69, 9.17) is 6.57 Å². The van der Waals surface area contributed by atoms with Gasteiger partial charge in [0.2, 0.25) is 0 Å². The summed E-state index contributed by atoms with van der Waals surface area (Å²) >= 11 is 3.02.